The standard InChI is InChI=1S/C9H6ClN7S/c10-9-12-1-4(11)7(17-9)18-8-5-6(14-2-13-5)15-3-16-8/h1-3H,11H2,(H,13,14,15,16). The number of hydrogen-bond donors (Lipinski definition) is 2. The largest absolute Gasteiger partial charge is 0.395 e. The second-order valence-electron chi connectivity index (χ2n) is 3.28. The Morgan fingerprint density at radius 3 is 2.94 bits per heavy atom. The third kappa shape index (κ3) is 1.95. The van der Waals surface area contributed by atoms with Crippen LogP contribution in [-0.4, -0.2) is 29.9 Å². The van der Waals surface area contributed by atoms with Crippen LogP contribution in [0.15, 0.2) is 28.9 Å². The molecule has 0 spiro atoms. The van der Waals surface area contributed by atoms with Crippen molar-refractivity contribution in [2.24, 2.45) is 0 Å². The van der Waals surface area contributed by atoms with Gasteiger partial charge in [0.15, 0.2) is 5.65 Å². The Bertz CT molecular complexity index is 713. The Kier molecular flexibility index (Phi) is 2.73. The van der Waals surface area contributed by atoms with Gasteiger partial charge in [0.1, 0.15) is 21.9 Å². The summed E-state index contributed by atoms with van der Waals surface area (Å²) >= 11 is 7.02. The Hall–Kier alpha value is -1.93. The second kappa shape index (κ2) is 4.39. The summed E-state index contributed by atoms with van der Waals surface area (Å²) in [6.45, 7) is 0. The molecule has 0 saturated heterocycles. The Morgan fingerprint density at radius 1 is 1.17 bits per heavy atom. The van der Waals surface area contributed by atoms with Gasteiger partial charge in [-0.15, -0.1) is 0 Å². The van der Waals surface area contributed by atoms with Crippen molar-refractivity contribution < 1.29 is 0 Å². The zero-order chi connectivity index (χ0) is 12.5. The maximum absolute atomic E-state index is 5.78. The smallest absolute Gasteiger partial charge is 0.223 e. The van der Waals surface area contributed by atoms with Crippen LogP contribution in [0.4, 0.5) is 5.69 Å². The van der Waals surface area contributed by atoms with Crippen LogP contribution >= 0.6 is 23.4 Å². The van der Waals surface area contributed by atoms with Gasteiger partial charge in [0, 0.05) is 0 Å². The number of rotatable bonds is 2. The molecule has 9 heteroatoms. The molecule has 3 rings (SSSR count). The quantitative estimate of drug-likeness (QED) is 0.541. The molecule has 0 aliphatic rings. The van der Waals surface area contributed by atoms with Crippen LogP contribution in [0.3, 0.4) is 0 Å². The van der Waals surface area contributed by atoms with Crippen molar-refractivity contribution in [3.8, 4) is 0 Å². The molecule has 0 aromatic carbocycles. The molecular weight excluding hydrogens is 274 g/mol. The molecule has 0 saturated carbocycles. The number of nitrogens with one attached hydrogen (secondary N) is 1. The number of hydrogen-bond acceptors (Lipinski definition) is 7. The maximum atomic E-state index is 5.78. The van der Waals surface area contributed by atoms with Crippen molar-refractivity contribution in [1.82, 2.24) is 29.9 Å². The Morgan fingerprint density at radius 2 is 2.06 bits per heavy atom. The highest BCUT2D eigenvalue weighted by Crippen LogP contribution is 2.31. The van der Waals surface area contributed by atoms with Gasteiger partial charge < -0.3 is 10.7 Å². The number of imidazole rings is 1. The van der Waals surface area contributed by atoms with Gasteiger partial charge in [-0.2, -0.15) is 0 Å². The summed E-state index contributed by atoms with van der Waals surface area (Å²) in [5.74, 6) is 0. The maximum Gasteiger partial charge on any atom is 0.223 e. The zero-order valence-corrected chi connectivity index (χ0v) is 10.4. The molecule has 0 unspecified atom stereocenters. The summed E-state index contributed by atoms with van der Waals surface area (Å²) < 4.78 is 0. The first-order valence-electron chi connectivity index (χ1n) is 4.84. The van der Waals surface area contributed by atoms with Gasteiger partial charge in [-0.05, 0) is 23.4 Å². The highest BCUT2D eigenvalue weighted by molar-refractivity contribution is 7.99. The molecule has 3 heterocycles. The minimum absolute atomic E-state index is 0.140. The van der Waals surface area contributed by atoms with Crippen molar-refractivity contribution in [2.45, 2.75) is 10.1 Å². The molecule has 0 bridgehead atoms. The molecule has 0 aliphatic carbocycles. The normalized spacial score (nSPS) is 10.9. The number of nitrogen functional groups attached to an aromatic ring is 1. The number of aromatic amines is 1. The number of aromatic nitrogens is 6. The van der Waals surface area contributed by atoms with E-state index in [9.17, 15) is 0 Å². The predicted molar refractivity (Wildman–Crippen MR) is 67.3 cm³/mol. The lowest BCUT2D eigenvalue weighted by atomic mass is 10.6. The first kappa shape index (κ1) is 11.2. The molecule has 0 aliphatic heterocycles. The van der Waals surface area contributed by atoms with E-state index in [2.05, 4.69) is 29.9 Å². The van der Waals surface area contributed by atoms with Crippen LogP contribution in [0.1, 0.15) is 0 Å². The van der Waals surface area contributed by atoms with Gasteiger partial charge in [0.25, 0.3) is 0 Å². The molecule has 0 radical (unpaired) electrons. The first-order chi connectivity index (χ1) is 8.74. The average molecular weight is 280 g/mol. The average Bonchev–Trinajstić information content (AvgIpc) is 2.83. The number of nitrogens with two attached hydrogens (primary N) is 1. The molecule has 0 atom stereocenters. The molecule has 3 N–H and O–H groups in total. The predicted octanol–water partition coefficient (Wildman–Crippen LogP) is 1.53. The molecule has 3 aromatic heterocycles. The minimum Gasteiger partial charge on any atom is -0.395 e. The topological polar surface area (TPSA) is 106 Å². The van der Waals surface area contributed by atoms with Crippen molar-refractivity contribution in [1.29, 1.82) is 0 Å². The Balaban J connectivity index is 2.06. The molecule has 0 amide bonds. The van der Waals surface area contributed by atoms with E-state index in [1.807, 2.05) is 0 Å². The lowest BCUT2D eigenvalue weighted by Gasteiger charge is -2.03. The van der Waals surface area contributed by atoms with E-state index >= 15 is 0 Å². The van der Waals surface area contributed by atoms with Crippen LogP contribution in [0.2, 0.25) is 5.28 Å². The van der Waals surface area contributed by atoms with E-state index in [0.29, 0.717) is 21.4 Å². The van der Waals surface area contributed by atoms with Gasteiger partial charge in [0.2, 0.25) is 5.28 Å². The van der Waals surface area contributed by atoms with Crippen molar-refractivity contribution in [3.63, 3.8) is 0 Å². The summed E-state index contributed by atoms with van der Waals surface area (Å²) in [5, 5.41) is 1.37. The molecule has 18 heavy (non-hydrogen) atoms. The fourth-order valence-electron chi connectivity index (χ4n) is 1.35. The van der Waals surface area contributed by atoms with E-state index in [4.69, 9.17) is 17.3 Å². The fraction of sp³-hybridized carbons (Fsp3) is 0. The number of halogens is 1. The van der Waals surface area contributed by atoms with E-state index in [-0.39, 0.29) is 5.28 Å². The summed E-state index contributed by atoms with van der Waals surface area (Å²) in [7, 11) is 0. The van der Waals surface area contributed by atoms with Crippen LogP contribution in [0.5, 0.6) is 0 Å². The van der Waals surface area contributed by atoms with Crippen molar-refractivity contribution in [3.05, 3.63) is 24.1 Å². The van der Waals surface area contributed by atoms with E-state index in [1.165, 1.54) is 24.3 Å². The van der Waals surface area contributed by atoms with Crippen LogP contribution in [0.25, 0.3) is 11.2 Å². The van der Waals surface area contributed by atoms with E-state index in [1.54, 1.807) is 6.33 Å². The zero-order valence-electron chi connectivity index (χ0n) is 8.83. The molecule has 7 nitrogen and oxygen atoms in total. The SMILES string of the molecule is Nc1cnc(Cl)nc1Sc1ncnc2nc[nH]c12. The Labute approximate surface area is 110 Å². The number of nitrogens with zero attached hydrogens (tertiary/aromatic N) is 5. The molecule has 90 valence electrons. The summed E-state index contributed by atoms with van der Waals surface area (Å²) in [6, 6.07) is 0. The lowest BCUT2D eigenvalue weighted by molar-refractivity contribution is 1.04. The lowest BCUT2D eigenvalue weighted by Crippen LogP contribution is -1.95. The minimum atomic E-state index is 0.140. The third-order valence-corrected chi connectivity index (χ3v) is 3.34. The molecule has 3 aromatic rings. The summed E-state index contributed by atoms with van der Waals surface area (Å²) in [5.41, 5.74) is 7.55. The van der Waals surface area contributed by atoms with E-state index < -0.39 is 0 Å². The third-order valence-electron chi connectivity index (χ3n) is 2.13. The van der Waals surface area contributed by atoms with Gasteiger partial charge in [-0.25, -0.2) is 24.9 Å². The number of H-pyrrole nitrogens is 1. The first-order valence-corrected chi connectivity index (χ1v) is 6.03. The number of fused-ring (bicyclic) bond motifs is 1. The molecule has 0 fully saturated rings. The molecular formula is C9H6ClN7S. The van der Waals surface area contributed by atoms with Crippen LogP contribution in [0, 0.1) is 0 Å². The highest BCUT2D eigenvalue weighted by Gasteiger charge is 2.11. The van der Waals surface area contributed by atoms with E-state index in [0.717, 1.165) is 5.52 Å². The van der Waals surface area contributed by atoms with Gasteiger partial charge in [0.05, 0.1) is 18.2 Å². The van der Waals surface area contributed by atoms with Crippen molar-refractivity contribution in [2.75, 3.05) is 5.73 Å². The highest BCUT2D eigenvalue weighted by atomic mass is 35.5. The van der Waals surface area contributed by atoms with Crippen LogP contribution < -0.4 is 5.73 Å². The second-order valence-corrected chi connectivity index (χ2v) is 4.60. The monoisotopic (exact) mass is 279 g/mol. The van der Waals surface area contributed by atoms with Gasteiger partial charge in [-0.3, -0.25) is 0 Å². The van der Waals surface area contributed by atoms with Gasteiger partial charge in [-0.1, -0.05) is 0 Å². The fourth-order valence-corrected chi connectivity index (χ4v) is 2.37. The summed E-state index contributed by atoms with van der Waals surface area (Å²) in [6.07, 6.45) is 4.45. The van der Waals surface area contributed by atoms with Crippen LogP contribution in [-0.2, 0) is 0 Å². The number of anilines is 1. The summed E-state index contributed by atoms with van der Waals surface area (Å²) in [4.78, 5) is 23.1. The van der Waals surface area contributed by atoms with Crippen molar-refractivity contribution >= 4 is 40.2 Å². The van der Waals surface area contributed by atoms with Gasteiger partial charge >= 0.3 is 0 Å².